The van der Waals surface area contributed by atoms with Gasteiger partial charge in [0.15, 0.2) is 0 Å². The van der Waals surface area contributed by atoms with E-state index in [0.29, 0.717) is 32.0 Å². The van der Waals surface area contributed by atoms with Crippen molar-refractivity contribution in [1.29, 1.82) is 0 Å². The first-order chi connectivity index (χ1) is 12.1. The molecule has 3 aromatic heterocycles. The summed E-state index contributed by atoms with van der Waals surface area (Å²) in [5.41, 5.74) is 2.06. The molecule has 0 atom stereocenters. The first-order valence-electron chi connectivity index (χ1n) is 8.13. The fourth-order valence-corrected chi connectivity index (χ4v) is 2.93. The number of nitrogens with zero attached hydrogens (tertiary/aromatic N) is 8. The van der Waals surface area contributed by atoms with Crippen molar-refractivity contribution in [3.63, 3.8) is 0 Å². The lowest BCUT2D eigenvalue weighted by Crippen LogP contribution is -2.49. The molecule has 9 nitrogen and oxygen atoms in total. The van der Waals surface area contributed by atoms with Gasteiger partial charge in [0.25, 0.3) is 11.7 Å². The van der Waals surface area contributed by atoms with Gasteiger partial charge in [0.05, 0.1) is 0 Å². The van der Waals surface area contributed by atoms with Gasteiger partial charge in [-0.2, -0.15) is 4.98 Å². The third kappa shape index (κ3) is 2.77. The van der Waals surface area contributed by atoms with E-state index in [4.69, 9.17) is 0 Å². The lowest BCUT2D eigenvalue weighted by molar-refractivity contribution is 0.0734. The summed E-state index contributed by atoms with van der Waals surface area (Å²) >= 11 is 0. The Bertz CT molecular complexity index is 896. The second-order valence-electron chi connectivity index (χ2n) is 5.99. The molecule has 1 aliphatic rings. The normalized spacial score (nSPS) is 15.0. The lowest BCUT2D eigenvalue weighted by atomic mass is 10.2. The maximum absolute atomic E-state index is 12.6. The highest BCUT2D eigenvalue weighted by Crippen LogP contribution is 2.20. The first-order valence-corrected chi connectivity index (χ1v) is 8.13. The molecule has 4 rings (SSSR count). The van der Waals surface area contributed by atoms with Crippen molar-refractivity contribution in [3.05, 3.63) is 41.9 Å². The Kier molecular flexibility index (Phi) is 3.75. The van der Waals surface area contributed by atoms with Gasteiger partial charge in [-0.05, 0) is 19.9 Å². The number of piperazine rings is 1. The summed E-state index contributed by atoms with van der Waals surface area (Å²) in [4.78, 5) is 33.5. The molecule has 0 saturated carbocycles. The maximum atomic E-state index is 12.6. The quantitative estimate of drug-likeness (QED) is 0.671. The van der Waals surface area contributed by atoms with Gasteiger partial charge in [-0.25, -0.2) is 19.5 Å². The van der Waals surface area contributed by atoms with Crippen molar-refractivity contribution < 1.29 is 4.79 Å². The van der Waals surface area contributed by atoms with E-state index in [1.165, 1.54) is 4.52 Å². The van der Waals surface area contributed by atoms with Crippen LogP contribution in [-0.4, -0.2) is 66.5 Å². The topological polar surface area (TPSA) is 92.4 Å². The van der Waals surface area contributed by atoms with Gasteiger partial charge in [-0.1, -0.05) is 0 Å². The molecular formula is C16H18N8O. The minimum Gasteiger partial charge on any atom is -0.353 e. The minimum atomic E-state index is -0.166. The van der Waals surface area contributed by atoms with Crippen LogP contribution in [0.3, 0.4) is 0 Å². The molecule has 0 spiro atoms. The molecule has 0 N–H and O–H groups in total. The van der Waals surface area contributed by atoms with Crippen molar-refractivity contribution in [2.45, 2.75) is 13.8 Å². The average Bonchev–Trinajstić information content (AvgIpc) is 3.08. The molecular weight excluding hydrogens is 320 g/mol. The third-order valence-electron chi connectivity index (χ3n) is 4.48. The van der Waals surface area contributed by atoms with Crippen LogP contribution in [0.2, 0.25) is 0 Å². The van der Waals surface area contributed by atoms with Crippen LogP contribution in [0.15, 0.2) is 24.8 Å². The molecule has 0 radical (unpaired) electrons. The smallest absolute Gasteiger partial charge is 0.293 e. The van der Waals surface area contributed by atoms with Crippen LogP contribution in [0, 0.1) is 13.8 Å². The van der Waals surface area contributed by atoms with Gasteiger partial charge < -0.3 is 9.80 Å². The molecule has 4 heterocycles. The van der Waals surface area contributed by atoms with E-state index in [2.05, 4.69) is 29.9 Å². The molecule has 9 heteroatoms. The van der Waals surface area contributed by atoms with Crippen LogP contribution in [-0.2, 0) is 0 Å². The molecule has 0 unspecified atom stereocenters. The molecule has 1 amide bonds. The molecule has 1 fully saturated rings. The predicted octanol–water partition coefficient (Wildman–Crippen LogP) is 0.494. The van der Waals surface area contributed by atoms with Crippen LogP contribution in [0.5, 0.6) is 0 Å². The SMILES string of the molecule is Cc1ncnc(N2CCN(C(=O)c3nc4ncccn4n3)CC2)c1C. The summed E-state index contributed by atoms with van der Waals surface area (Å²) in [5, 5.41) is 4.21. The Labute approximate surface area is 144 Å². The minimum absolute atomic E-state index is 0.166. The number of hydrogen-bond donors (Lipinski definition) is 0. The fourth-order valence-electron chi connectivity index (χ4n) is 2.93. The van der Waals surface area contributed by atoms with Gasteiger partial charge in [-0.15, -0.1) is 5.10 Å². The number of hydrogen-bond acceptors (Lipinski definition) is 7. The van der Waals surface area contributed by atoms with Crippen LogP contribution >= 0.6 is 0 Å². The van der Waals surface area contributed by atoms with E-state index in [1.54, 1.807) is 29.7 Å². The lowest BCUT2D eigenvalue weighted by Gasteiger charge is -2.35. The van der Waals surface area contributed by atoms with Gasteiger partial charge in [0.2, 0.25) is 5.82 Å². The Balaban J connectivity index is 1.48. The predicted molar refractivity (Wildman–Crippen MR) is 90.4 cm³/mol. The van der Waals surface area contributed by atoms with Crippen molar-refractivity contribution >= 4 is 17.5 Å². The second kappa shape index (κ2) is 6.08. The zero-order valence-corrected chi connectivity index (χ0v) is 14.1. The Morgan fingerprint density at radius 2 is 1.88 bits per heavy atom. The number of aromatic nitrogens is 6. The number of anilines is 1. The van der Waals surface area contributed by atoms with Crippen LogP contribution in [0.25, 0.3) is 5.78 Å². The van der Waals surface area contributed by atoms with Crippen LogP contribution in [0.1, 0.15) is 21.9 Å². The number of carbonyl (C=O) groups excluding carboxylic acids is 1. The number of rotatable bonds is 2. The molecule has 0 aromatic carbocycles. The maximum Gasteiger partial charge on any atom is 0.293 e. The number of carbonyl (C=O) groups is 1. The van der Waals surface area contributed by atoms with Gasteiger partial charge >= 0.3 is 0 Å². The van der Waals surface area contributed by atoms with Gasteiger partial charge in [0, 0.05) is 49.8 Å². The molecule has 1 saturated heterocycles. The van der Waals surface area contributed by atoms with Crippen molar-refractivity contribution in [2.24, 2.45) is 0 Å². The van der Waals surface area contributed by atoms with E-state index in [-0.39, 0.29) is 11.7 Å². The Morgan fingerprint density at radius 1 is 1.08 bits per heavy atom. The van der Waals surface area contributed by atoms with E-state index in [9.17, 15) is 4.79 Å². The second-order valence-corrected chi connectivity index (χ2v) is 5.99. The van der Waals surface area contributed by atoms with Gasteiger partial charge in [0.1, 0.15) is 12.1 Å². The summed E-state index contributed by atoms with van der Waals surface area (Å²) in [7, 11) is 0. The first kappa shape index (κ1) is 15.4. The fraction of sp³-hybridized carbons (Fsp3) is 0.375. The molecule has 25 heavy (non-hydrogen) atoms. The zero-order valence-electron chi connectivity index (χ0n) is 14.1. The summed E-state index contributed by atoms with van der Waals surface area (Å²) in [6, 6.07) is 1.75. The van der Waals surface area contributed by atoms with Crippen molar-refractivity contribution in [1.82, 2.24) is 34.4 Å². The van der Waals surface area contributed by atoms with E-state index < -0.39 is 0 Å². The van der Waals surface area contributed by atoms with Crippen molar-refractivity contribution in [2.75, 3.05) is 31.1 Å². The number of aryl methyl sites for hydroxylation is 1. The van der Waals surface area contributed by atoms with Crippen molar-refractivity contribution in [3.8, 4) is 0 Å². The molecule has 128 valence electrons. The van der Waals surface area contributed by atoms with Crippen LogP contribution in [0.4, 0.5) is 5.82 Å². The Morgan fingerprint density at radius 3 is 2.64 bits per heavy atom. The summed E-state index contributed by atoms with van der Waals surface area (Å²) in [6.07, 6.45) is 4.94. The summed E-state index contributed by atoms with van der Waals surface area (Å²) in [5.74, 6) is 1.38. The highest BCUT2D eigenvalue weighted by Gasteiger charge is 2.26. The zero-order chi connectivity index (χ0) is 17.4. The van der Waals surface area contributed by atoms with Crippen LogP contribution < -0.4 is 4.90 Å². The summed E-state index contributed by atoms with van der Waals surface area (Å²) < 4.78 is 1.51. The Hall–Kier alpha value is -3.10. The highest BCUT2D eigenvalue weighted by atomic mass is 16.2. The monoisotopic (exact) mass is 338 g/mol. The molecule has 3 aromatic rings. The average molecular weight is 338 g/mol. The molecule has 1 aliphatic heterocycles. The molecule has 0 aliphatic carbocycles. The summed E-state index contributed by atoms with van der Waals surface area (Å²) in [6.45, 7) is 6.64. The molecule has 0 bridgehead atoms. The number of amides is 1. The largest absolute Gasteiger partial charge is 0.353 e. The van der Waals surface area contributed by atoms with E-state index in [0.717, 1.165) is 17.1 Å². The van der Waals surface area contributed by atoms with E-state index >= 15 is 0 Å². The number of fused-ring (bicyclic) bond motifs is 1. The third-order valence-corrected chi connectivity index (χ3v) is 4.48. The van der Waals surface area contributed by atoms with Gasteiger partial charge in [-0.3, -0.25) is 4.79 Å². The standard InChI is InChI=1S/C16H18N8O/c1-11-12(2)18-10-19-14(11)22-6-8-23(9-7-22)15(25)13-20-16-17-4-3-5-24(16)21-13/h3-5,10H,6-9H2,1-2H3. The highest BCUT2D eigenvalue weighted by molar-refractivity contribution is 5.91. The van der Waals surface area contributed by atoms with E-state index in [1.807, 2.05) is 13.8 Å².